The van der Waals surface area contributed by atoms with E-state index in [1.807, 2.05) is 19.1 Å². The zero-order valence-electron chi connectivity index (χ0n) is 13.0. The van der Waals surface area contributed by atoms with Crippen molar-refractivity contribution < 1.29 is 4.74 Å². The van der Waals surface area contributed by atoms with Crippen molar-refractivity contribution >= 4 is 33.2 Å². The summed E-state index contributed by atoms with van der Waals surface area (Å²) in [7, 11) is 3.86. The van der Waals surface area contributed by atoms with Crippen LogP contribution in [-0.2, 0) is 6.42 Å². The van der Waals surface area contributed by atoms with Crippen LogP contribution in [0.15, 0.2) is 34.8 Å². The summed E-state index contributed by atoms with van der Waals surface area (Å²) in [5.74, 6) is 0.907. The quantitative estimate of drug-likeness (QED) is 0.693. The Bertz CT molecular complexity index is 716. The van der Waals surface area contributed by atoms with Gasteiger partial charge in [0.25, 0.3) is 0 Å². The molecule has 0 radical (unpaired) electrons. The minimum Gasteiger partial charge on any atom is -0.496 e. The first kappa shape index (κ1) is 15.7. The van der Waals surface area contributed by atoms with E-state index in [9.17, 15) is 0 Å². The summed E-state index contributed by atoms with van der Waals surface area (Å²) in [6.07, 6.45) is 2.17. The molecule has 2 aromatic carbocycles. The smallest absolute Gasteiger partial charge is 0.133 e. The van der Waals surface area contributed by atoms with Gasteiger partial charge in [-0.15, -0.1) is 0 Å². The van der Waals surface area contributed by atoms with Gasteiger partial charge in [-0.2, -0.15) is 0 Å². The Balaban J connectivity index is 1.95. The normalized spacial score (nSPS) is 16.5. The van der Waals surface area contributed by atoms with Crippen molar-refractivity contribution in [1.82, 2.24) is 0 Å². The molecule has 0 fully saturated rings. The Kier molecular flexibility index (Phi) is 4.37. The average Bonchev–Trinajstić information content (AvgIpc) is 2.94. The van der Waals surface area contributed by atoms with E-state index in [1.54, 1.807) is 7.11 Å². The minimum atomic E-state index is 0.387. The van der Waals surface area contributed by atoms with Crippen LogP contribution in [-0.4, -0.2) is 14.2 Å². The summed E-state index contributed by atoms with van der Waals surface area (Å²) in [6.45, 7) is 2.05. The van der Waals surface area contributed by atoms with Gasteiger partial charge in [0.1, 0.15) is 5.75 Å². The summed E-state index contributed by atoms with van der Waals surface area (Å²) >= 11 is 9.83. The van der Waals surface area contributed by atoms with Gasteiger partial charge in [0.15, 0.2) is 0 Å². The van der Waals surface area contributed by atoms with Crippen LogP contribution in [0, 0.1) is 6.92 Å². The first-order chi connectivity index (χ1) is 10.5. The predicted molar refractivity (Wildman–Crippen MR) is 96.3 cm³/mol. The van der Waals surface area contributed by atoms with E-state index < -0.39 is 0 Å². The van der Waals surface area contributed by atoms with Crippen LogP contribution >= 0.6 is 27.5 Å². The number of rotatable bonds is 3. The molecule has 0 aliphatic heterocycles. The molecule has 0 bridgehead atoms. The molecule has 116 valence electrons. The van der Waals surface area contributed by atoms with Gasteiger partial charge in [-0.05, 0) is 76.7 Å². The van der Waals surface area contributed by atoms with Crippen molar-refractivity contribution in [3.8, 4) is 5.75 Å². The highest BCUT2D eigenvalue weighted by Gasteiger charge is 2.29. The van der Waals surface area contributed by atoms with Crippen molar-refractivity contribution in [2.45, 2.75) is 25.8 Å². The monoisotopic (exact) mass is 379 g/mol. The maximum Gasteiger partial charge on any atom is 0.133 e. The van der Waals surface area contributed by atoms with Crippen LogP contribution in [0.3, 0.4) is 0 Å². The van der Waals surface area contributed by atoms with Gasteiger partial charge in [-0.25, -0.2) is 0 Å². The van der Waals surface area contributed by atoms with Crippen LogP contribution in [0.25, 0.3) is 0 Å². The summed E-state index contributed by atoms with van der Waals surface area (Å²) in [6, 6.07) is 10.8. The summed E-state index contributed by atoms with van der Waals surface area (Å²) in [5.41, 5.74) is 5.05. The molecule has 0 saturated carbocycles. The first-order valence-corrected chi connectivity index (χ1v) is 8.54. The molecule has 3 rings (SSSR count). The molecular formula is C18H19BrClNO. The zero-order chi connectivity index (χ0) is 15.9. The number of anilines is 1. The molecule has 0 aromatic heterocycles. The lowest BCUT2D eigenvalue weighted by molar-refractivity contribution is 0.411. The molecule has 1 aliphatic rings. The molecule has 2 aromatic rings. The molecule has 0 heterocycles. The standard InChI is InChI=1S/C18H19BrClNO/c1-11-10-12(4-7-15(11)20)21(2)16-8-5-14-13(16)6-9-17(22-3)18(14)19/h4,6-7,9-10,16H,5,8H2,1-3H3. The second-order valence-electron chi connectivity index (χ2n) is 5.75. The van der Waals surface area contributed by atoms with Gasteiger partial charge >= 0.3 is 0 Å². The van der Waals surface area contributed by atoms with Gasteiger partial charge in [0.05, 0.1) is 17.6 Å². The van der Waals surface area contributed by atoms with E-state index >= 15 is 0 Å². The maximum absolute atomic E-state index is 6.14. The number of benzene rings is 2. The van der Waals surface area contributed by atoms with Gasteiger partial charge in [0, 0.05) is 17.8 Å². The number of hydrogen-bond acceptors (Lipinski definition) is 2. The van der Waals surface area contributed by atoms with Gasteiger partial charge in [0.2, 0.25) is 0 Å². The van der Waals surface area contributed by atoms with E-state index in [0.717, 1.165) is 33.6 Å². The molecule has 0 amide bonds. The third-order valence-electron chi connectivity index (χ3n) is 4.51. The van der Waals surface area contributed by atoms with Gasteiger partial charge in [-0.3, -0.25) is 0 Å². The van der Waals surface area contributed by atoms with Crippen molar-refractivity contribution in [3.63, 3.8) is 0 Å². The second-order valence-corrected chi connectivity index (χ2v) is 6.95. The number of fused-ring (bicyclic) bond motifs is 1. The van der Waals surface area contributed by atoms with Crippen molar-refractivity contribution in [2.24, 2.45) is 0 Å². The fraction of sp³-hybridized carbons (Fsp3) is 0.333. The Morgan fingerprint density at radius 1 is 1.27 bits per heavy atom. The molecular weight excluding hydrogens is 362 g/mol. The molecule has 0 N–H and O–H groups in total. The molecule has 0 saturated heterocycles. The van der Waals surface area contributed by atoms with Crippen LogP contribution in [0.2, 0.25) is 5.02 Å². The Morgan fingerprint density at radius 3 is 2.73 bits per heavy atom. The van der Waals surface area contributed by atoms with Crippen molar-refractivity contribution in [2.75, 3.05) is 19.1 Å². The van der Waals surface area contributed by atoms with E-state index in [0.29, 0.717) is 6.04 Å². The highest BCUT2D eigenvalue weighted by molar-refractivity contribution is 9.10. The van der Waals surface area contributed by atoms with E-state index in [4.69, 9.17) is 16.3 Å². The molecule has 4 heteroatoms. The summed E-state index contributed by atoms with van der Waals surface area (Å²) in [5, 5.41) is 0.816. The predicted octanol–water partition coefficient (Wildman–Crippen LogP) is 5.54. The maximum atomic E-state index is 6.14. The number of ether oxygens (including phenoxy) is 1. The Hall–Kier alpha value is -1.19. The van der Waals surface area contributed by atoms with Crippen LogP contribution in [0.5, 0.6) is 5.75 Å². The fourth-order valence-corrected chi connectivity index (χ4v) is 4.04. The third-order valence-corrected chi connectivity index (χ3v) is 5.80. The van der Waals surface area contributed by atoms with Gasteiger partial charge < -0.3 is 9.64 Å². The Morgan fingerprint density at radius 2 is 2.05 bits per heavy atom. The largest absolute Gasteiger partial charge is 0.496 e. The lowest BCUT2D eigenvalue weighted by Crippen LogP contribution is -2.22. The van der Waals surface area contributed by atoms with Gasteiger partial charge in [-0.1, -0.05) is 17.7 Å². The third kappa shape index (κ3) is 2.61. The molecule has 2 nitrogen and oxygen atoms in total. The first-order valence-electron chi connectivity index (χ1n) is 7.37. The van der Waals surface area contributed by atoms with Crippen LogP contribution in [0.1, 0.15) is 29.2 Å². The average molecular weight is 381 g/mol. The Labute approximate surface area is 145 Å². The van der Waals surface area contributed by atoms with Crippen molar-refractivity contribution in [1.29, 1.82) is 0 Å². The highest BCUT2D eigenvalue weighted by Crippen LogP contribution is 2.43. The van der Waals surface area contributed by atoms with Crippen LogP contribution in [0.4, 0.5) is 5.69 Å². The van der Waals surface area contributed by atoms with E-state index in [2.05, 4.69) is 46.1 Å². The number of methoxy groups -OCH3 is 1. The molecule has 22 heavy (non-hydrogen) atoms. The van der Waals surface area contributed by atoms with Crippen molar-refractivity contribution in [3.05, 3.63) is 56.5 Å². The molecule has 1 unspecified atom stereocenters. The number of hydrogen-bond donors (Lipinski definition) is 0. The minimum absolute atomic E-state index is 0.387. The lowest BCUT2D eigenvalue weighted by Gasteiger charge is -2.28. The summed E-state index contributed by atoms with van der Waals surface area (Å²) < 4.78 is 6.50. The lowest BCUT2D eigenvalue weighted by atomic mass is 10.1. The number of halogens is 2. The highest BCUT2D eigenvalue weighted by atomic mass is 79.9. The topological polar surface area (TPSA) is 12.5 Å². The van der Waals surface area contributed by atoms with Crippen LogP contribution < -0.4 is 9.64 Å². The van der Waals surface area contributed by atoms with E-state index in [1.165, 1.54) is 16.8 Å². The second kappa shape index (κ2) is 6.13. The zero-order valence-corrected chi connectivity index (χ0v) is 15.3. The summed E-state index contributed by atoms with van der Waals surface area (Å²) in [4.78, 5) is 2.34. The SMILES string of the molecule is COc1ccc2c(c1Br)CCC2N(C)c1ccc(Cl)c(C)c1. The molecule has 0 spiro atoms. The number of nitrogens with zero attached hydrogens (tertiary/aromatic N) is 1. The molecule has 1 aliphatic carbocycles. The molecule has 1 atom stereocenters. The van der Waals surface area contributed by atoms with E-state index in [-0.39, 0.29) is 0 Å². The number of aryl methyl sites for hydroxylation is 1. The fourth-order valence-electron chi connectivity index (χ4n) is 3.21.